The first-order valence-electron chi connectivity index (χ1n) is 11.0. The molecule has 0 bridgehead atoms. The predicted molar refractivity (Wildman–Crippen MR) is 126 cm³/mol. The van der Waals surface area contributed by atoms with E-state index in [0.29, 0.717) is 35.3 Å². The zero-order valence-electron chi connectivity index (χ0n) is 19.0. The smallest absolute Gasteiger partial charge is 0.257 e. The summed E-state index contributed by atoms with van der Waals surface area (Å²) in [4.78, 5) is 16.1. The Hall–Kier alpha value is -3.34. The highest BCUT2D eigenvalue weighted by Gasteiger charge is 2.23. The fourth-order valence-electron chi connectivity index (χ4n) is 3.42. The standard InChI is InChI=1S/C26H29FN2O4/c1-4-12-33-24-11-8-18(7-5-6-16(2)30)13-21(24)26(32)29-25(31)17(3)22-15-28-23-10-9-19(27)14-20(22)23/h8-11,13-17,25,28,30-31H,4,6,12H2,1-3H3,(H,29,32). The predicted octanol–water partition coefficient (Wildman–Crippen LogP) is 4.07. The normalized spacial score (nSPS) is 13.6. The number of nitrogens with one attached hydrogen (secondary N) is 2. The first-order valence-corrected chi connectivity index (χ1v) is 11.0. The van der Waals surface area contributed by atoms with Gasteiger partial charge in [0.15, 0.2) is 0 Å². The third kappa shape index (κ3) is 6.13. The van der Waals surface area contributed by atoms with Crippen molar-refractivity contribution in [1.29, 1.82) is 0 Å². The lowest BCUT2D eigenvalue weighted by Crippen LogP contribution is -2.38. The number of hydrogen-bond donors (Lipinski definition) is 4. The Morgan fingerprint density at radius 1 is 1.21 bits per heavy atom. The number of amides is 1. The first-order chi connectivity index (χ1) is 15.8. The maximum atomic E-state index is 13.7. The minimum atomic E-state index is -1.22. The molecule has 1 amide bonds. The van der Waals surface area contributed by atoms with Gasteiger partial charge in [-0.3, -0.25) is 4.79 Å². The number of carbonyl (C=O) groups is 1. The summed E-state index contributed by atoms with van der Waals surface area (Å²) in [5.41, 5.74) is 2.29. The molecule has 0 aliphatic carbocycles. The van der Waals surface area contributed by atoms with Crippen molar-refractivity contribution in [1.82, 2.24) is 10.3 Å². The van der Waals surface area contributed by atoms with E-state index in [0.717, 1.165) is 11.9 Å². The highest BCUT2D eigenvalue weighted by molar-refractivity contribution is 5.97. The van der Waals surface area contributed by atoms with Gasteiger partial charge in [-0.05, 0) is 55.3 Å². The number of aliphatic hydroxyl groups excluding tert-OH is 2. The van der Waals surface area contributed by atoms with Gasteiger partial charge in [0, 0.05) is 35.0 Å². The molecule has 0 saturated heterocycles. The van der Waals surface area contributed by atoms with Crippen LogP contribution in [0.4, 0.5) is 4.39 Å². The largest absolute Gasteiger partial charge is 0.493 e. The van der Waals surface area contributed by atoms with E-state index in [1.165, 1.54) is 12.1 Å². The monoisotopic (exact) mass is 452 g/mol. The number of halogens is 1. The molecule has 3 aromatic rings. The summed E-state index contributed by atoms with van der Waals surface area (Å²) in [6, 6.07) is 9.42. The molecular formula is C26H29FN2O4. The number of aromatic amines is 1. The van der Waals surface area contributed by atoms with Crippen LogP contribution < -0.4 is 10.1 Å². The van der Waals surface area contributed by atoms with Gasteiger partial charge in [-0.25, -0.2) is 4.39 Å². The number of aromatic nitrogens is 1. The van der Waals surface area contributed by atoms with Crippen LogP contribution in [0.3, 0.4) is 0 Å². The van der Waals surface area contributed by atoms with Crippen molar-refractivity contribution in [2.75, 3.05) is 6.61 Å². The third-order valence-corrected chi connectivity index (χ3v) is 5.24. The Morgan fingerprint density at radius 2 is 2.00 bits per heavy atom. The van der Waals surface area contributed by atoms with Gasteiger partial charge >= 0.3 is 0 Å². The summed E-state index contributed by atoms with van der Waals surface area (Å²) in [6.07, 6.45) is 1.04. The van der Waals surface area contributed by atoms with Gasteiger partial charge in [0.1, 0.15) is 17.8 Å². The summed E-state index contributed by atoms with van der Waals surface area (Å²) in [6.45, 7) is 5.81. The van der Waals surface area contributed by atoms with Crippen molar-refractivity contribution in [2.45, 2.75) is 51.9 Å². The zero-order chi connectivity index (χ0) is 24.0. The number of hydrogen-bond acceptors (Lipinski definition) is 4. The van der Waals surface area contributed by atoms with Crippen molar-refractivity contribution in [3.63, 3.8) is 0 Å². The van der Waals surface area contributed by atoms with E-state index in [1.807, 2.05) is 6.92 Å². The van der Waals surface area contributed by atoms with Gasteiger partial charge < -0.3 is 25.3 Å². The van der Waals surface area contributed by atoms with Crippen LogP contribution in [-0.2, 0) is 0 Å². The highest BCUT2D eigenvalue weighted by Crippen LogP contribution is 2.28. The second-order valence-electron chi connectivity index (χ2n) is 8.06. The van der Waals surface area contributed by atoms with Crippen LogP contribution >= 0.6 is 0 Å². The summed E-state index contributed by atoms with van der Waals surface area (Å²) in [5.74, 6) is 4.81. The van der Waals surface area contributed by atoms with Crippen LogP contribution in [0.15, 0.2) is 42.6 Å². The number of rotatable bonds is 8. The van der Waals surface area contributed by atoms with Crippen LogP contribution in [0, 0.1) is 17.7 Å². The maximum absolute atomic E-state index is 13.7. The molecule has 0 aliphatic heterocycles. The number of ether oxygens (including phenoxy) is 1. The van der Waals surface area contributed by atoms with E-state index >= 15 is 0 Å². The van der Waals surface area contributed by atoms with Gasteiger partial charge in [0.25, 0.3) is 5.91 Å². The van der Waals surface area contributed by atoms with E-state index in [1.54, 1.807) is 44.3 Å². The molecule has 3 unspecified atom stereocenters. The number of H-pyrrole nitrogens is 1. The molecule has 0 spiro atoms. The van der Waals surface area contributed by atoms with Gasteiger partial charge in [-0.1, -0.05) is 25.7 Å². The number of aliphatic hydroxyl groups is 2. The summed E-state index contributed by atoms with van der Waals surface area (Å²) in [7, 11) is 0. The molecule has 3 rings (SSSR count). The van der Waals surface area contributed by atoms with Gasteiger partial charge in [0.05, 0.1) is 18.3 Å². The molecule has 7 heteroatoms. The van der Waals surface area contributed by atoms with Gasteiger partial charge in [-0.2, -0.15) is 0 Å². The summed E-state index contributed by atoms with van der Waals surface area (Å²) in [5, 5.41) is 23.4. The topological polar surface area (TPSA) is 94.6 Å². The van der Waals surface area contributed by atoms with E-state index in [9.17, 15) is 19.4 Å². The number of benzene rings is 2. The van der Waals surface area contributed by atoms with Crippen molar-refractivity contribution in [2.24, 2.45) is 0 Å². The molecule has 0 saturated carbocycles. The van der Waals surface area contributed by atoms with Crippen LogP contribution in [0.1, 0.15) is 61.0 Å². The lowest BCUT2D eigenvalue weighted by molar-refractivity contribution is 0.0724. The second-order valence-corrected chi connectivity index (χ2v) is 8.06. The van der Waals surface area contributed by atoms with E-state index in [4.69, 9.17) is 4.74 Å². The fourth-order valence-corrected chi connectivity index (χ4v) is 3.42. The molecular weight excluding hydrogens is 423 g/mol. The van der Waals surface area contributed by atoms with E-state index in [2.05, 4.69) is 22.1 Å². The molecule has 0 fully saturated rings. The minimum absolute atomic E-state index is 0.253. The second kappa shape index (κ2) is 11.0. The Labute approximate surface area is 192 Å². The van der Waals surface area contributed by atoms with Crippen molar-refractivity contribution >= 4 is 16.8 Å². The maximum Gasteiger partial charge on any atom is 0.257 e. The third-order valence-electron chi connectivity index (χ3n) is 5.24. The molecule has 33 heavy (non-hydrogen) atoms. The van der Waals surface area contributed by atoms with Gasteiger partial charge in [-0.15, -0.1) is 0 Å². The molecule has 1 heterocycles. The lowest BCUT2D eigenvalue weighted by atomic mass is 9.98. The van der Waals surface area contributed by atoms with Crippen LogP contribution in [0.5, 0.6) is 5.75 Å². The quantitative estimate of drug-likeness (QED) is 0.306. The Kier molecular flexibility index (Phi) is 8.10. The summed E-state index contributed by atoms with van der Waals surface area (Å²) < 4.78 is 19.4. The summed E-state index contributed by atoms with van der Waals surface area (Å²) >= 11 is 0. The van der Waals surface area contributed by atoms with Crippen LogP contribution in [0.25, 0.3) is 10.9 Å². The number of fused-ring (bicyclic) bond motifs is 1. The van der Waals surface area contributed by atoms with Crippen molar-refractivity contribution < 1.29 is 24.1 Å². The molecule has 0 aliphatic rings. The highest BCUT2D eigenvalue weighted by atomic mass is 19.1. The van der Waals surface area contributed by atoms with Gasteiger partial charge in [0.2, 0.25) is 0 Å². The Bertz CT molecular complexity index is 1180. The van der Waals surface area contributed by atoms with E-state index < -0.39 is 24.2 Å². The number of carbonyl (C=O) groups excluding carboxylic acids is 1. The van der Waals surface area contributed by atoms with Crippen molar-refractivity contribution in [3.8, 4) is 17.6 Å². The average molecular weight is 453 g/mol. The first kappa shape index (κ1) is 24.3. The molecule has 2 aromatic carbocycles. The van der Waals surface area contributed by atoms with Crippen molar-refractivity contribution in [3.05, 3.63) is 65.1 Å². The molecule has 1 aromatic heterocycles. The SMILES string of the molecule is CCCOc1ccc(C#CCC(C)O)cc1C(=O)NC(O)C(C)c1c[nH]c2ccc(F)cc12. The minimum Gasteiger partial charge on any atom is -0.493 e. The Morgan fingerprint density at radius 3 is 2.73 bits per heavy atom. The van der Waals surface area contributed by atoms with E-state index in [-0.39, 0.29) is 11.4 Å². The van der Waals surface area contributed by atoms with Crippen LogP contribution in [0.2, 0.25) is 0 Å². The molecule has 174 valence electrons. The van der Waals surface area contributed by atoms with Crippen LogP contribution in [-0.4, -0.2) is 40.0 Å². The molecule has 6 nitrogen and oxygen atoms in total. The lowest BCUT2D eigenvalue weighted by Gasteiger charge is -2.21. The fraction of sp³-hybridized carbons (Fsp3) is 0.346. The average Bonchev–Trinajstić information content (AvgIpc) is 3.20. The Balaban J connectivity index is 1.82. The molecule has 4 N–H and O–H groups in total. The molecule has 0 radical (unpaired) electrons. The molecule has 3 atom stereocenters. The zero-order valence-corrected chi connectivity index (χ0v) is 19.0.